The van der Waals surface area contributed by atoms with E-state index in [9.17, 15) is 4.79 Å². The molecule has 1 amide bonds. The fourth-order valence-electron chi connectivity index (χ4n) is 2.08. The molecule has 0 aliphatic carbocycles. The van der Waals surface area contributed by atoms with Crippen LogP contribution in [0.25, 0.3) is 6.08 Å². The lowest BCUT2D eigenvalue weighted by atomic mass is 10.1. The molecule has 2 aromatic rings. The Morgan fingerprint density at radius 3 is 2.35 bits per heavy atom. The van der Waals surface area contributed by atoms with E-state index in [1.165, 1.54) is 0 Å². The minimum atomic E-state index is -0.313. The Hall–Kier alpha value is -1.78. The van der Waals surface area contributed by atoms with E-state index in [-0.39, 0.29) is 5.91 Å². The molecule has 0 fully saturated rings. The Bertz CT molecular complexity index is 687. The second-order valence-electron chi connectivity index (χ2n) is 4.26. The number of carbonyl (C=O) groups is 1. The van der Waals surface area contributed by atoms with Crippen molar-refractivity contribution in [3.05, 3.63) is 64.6 Å². The third kappa shape index (κ3) is 2.21. The highest BCUT2D eigenvalue weighted by molar-refractivity contribution is 9.12. The summed E-state index contributed by atoms with van der Waals surface area (Å²) in [6, 6.07) is 17.2. The van der Waals surface area contributed by atoms with Crippen LogP contribution in [0.15, 0.2) is 59.1 Å². The number of nitrogens with zero attached hydrogens (tertiary/aromatic N) is 2. The number of hydrazine groups is 1. The first-order valence-corrected chi connectivity index (χ1v) is 7.13. The first kappa shape index (κ1) is 13.2. The van der Waals surface area contributed by atoms with Gasteiger partial charge in [-0.3, -0.25) is 4.79 Å². The van der Waals surface area contributed by atoms with Crippen molar-refractivity contribution in [3.63, 3.8) is 0 Å². The molecule has 1 aliphatic heterocycles. The Balaban J connectivity index is 2.22. The summed E-state index contributed by atoms with van der Waals surface area (Å²) < 4.78 is 1.50. The molecule has 5 heteroatoms. The molecule has 0 aromatic heterocycles. The average molecular weight is 350 g/mol. The number of hydrogen-bond donors (Lipinski definition) is 0. The number of benzene rings is 2. The number of anilines is 2. The Kier molecular flexibility index (Phi) is 3.51. The number of carbonyl (C=O) groups excluding carboxylic acids is 1. The molecule has 1 aliphatic rings. The second kappa shape index (κ2) is 5.31. The zero-order valence-electron chi connectivity index (χ0n) is 10.3. The van der Waals surface area contributed by atoms with E-state index in [1.807, 2.05) is 54.6 Å². The normalized spacial score (nSPS) is 14.7. The number of halogens is 2. The highest BCUT2D eigenvalue weighted by Crippen LogP contribution is 2.36. The van der Waals surface area contributed by atoms with Crippen LogP contribution < -0.4 is 5.01 Å². The maximum Gasteiger partial charge on any atom is 0.295 e. The standard InChI is InChI=1S/C15H10BrClN2O/c16-13-10-11-6-4-5-9-14(11)18(19(17)15(13)20)12-7-2-1-3-8-12/h1-10H. The molecule has 2 aromatic carbocycles. The van der Waals surface area contributed by atoms with Gasteiger partial charge in [-0.2, -0.15) is 0 Å². The molecule has 0 N–H and O–H groups in total. The van der Waals surface area contributed by atoms with E-state index in [2.05, 4.69) is 15.9 Å². The van der Waals surface area contributed by atoms with E-state index in [1.54, 1.807) is 11.1 Å². The summed E-state index contributed by atoms with van der Waals surface area (Å²) in [5.74, 6) is -0.313. The number of fused-ring (bicyclic) bond motifs is 1. The van der Waals surface area contributed by atoms with Crippen LogP contribution in [-0.2, 0) is 4.79 Å². The van der Waals surface area contributed by atoms with Gasteiger partial charge in [0.2, 0.25) is 0 Å². The minimum Gasteiger partial charge on any atom is -0.265 e. The van der Waals surface area contributed by atoms with Crippen molar-refractivity contribution in [3.8, 4) is 0 Å². The fourth-order valence-corrected chi connectivity index (χ4v) is 2.86. The predicted octanol–water partition coefficient (Wildman–Crippen LogP) is 4.47. The second-order valence-corrected chi connectivity index (χ2v) is 5.44. The van der Waals surface area contributed by atoms with Crippen molar-refractivity contribution in [2.75, 3.05) is 5.01 Å². The van der Waals surface area contributed by atoms with Gasteiger partial charge in [-0.05, 0) is 40.2 Å². The molecule has 3 nitrogen and oxygen atoms in total. The Morgan fingerprint density at radius 2 is 1.60 bits per heavy atom. The van der Waals surface area contributed by atoms with Crippen LogP contribution in [0.5, 0.6) is 0 Å². The zero-order chi connectivity index (χ0) is 14.1. The van der Waals surface area contributed by atoms with Crippen LogP contribution in [0.3, 0.4) is 0 Å². The molecule has 3 rings (SSSR count). The van der Waals surface area contributed by atoms with Crippen molar-refractivity contribution < 1.29 is 4.79 Å². The smallest absolute Gasteiger partial charge is 0.265 e. The van der Waals surface area contributed by atoms with E-state index < -0.39 is 0 Å². The first-order valence-electron chi connectivity index (χ1n) is 6.00. The van der Waals surface area contributed by atoms with Gasteiger partial charge in [0, 0.05) is 17.3 Å². The van der Waals surface area contributed by atoms with Crippen molar-refractivity contribution in [2.24, 2.45) is 0 Å². The van der Waals surface area contributed by atoms with E-state index in [4.69, 9.17) is 11.8 Å². The van der Waals surface area contributed by atoms with Gasteiger partial charge in [0.1, 0.15) is 0 Å². The van der Waals surface area contributed by atoms with Crippen molar-refractivity contribution in [1.29, 1.82) is 0 Å². The van der Waals surface area contributed by atoms with Gasteiger partial charge in [0.15, 0.2) is 0 Å². The molecule has 0 unspecified atom stereocenters. The van der Waals surface area contributed by atoms with Crippen LogP contribution in [0.1, 0.15) is 5.56 Å². The average Bonchev–Trinajstić information content (AvgIpc) is 2.57. The first-order chi connectivity index (χ1) is 9.68. The quantitative estimate of drug-likeness (QED) is 0.709. The largest absolute Gasteiger partial charge is 0.295 e. The summed E-state index contributed by atoms with van der Waals surface area (Å²) in [6.45, 7) is 0. The zero-order valence-corrected chi connectivity index (χ0v) is 12.7. The molecule has 0 atom stereocenters. The lowest BCUT2D eigenvalue weighted by molar-refractivity contribution is -0.121. The third-order valence-electron chi connectivity index (χ3n) is 3.00. The van der Waals surface area contributed by atoms with Gasteiger partial charge < -0.3 is 0 Å². The van der Waals surface area contributed by atoms with E-state index in [0.29, 0.717) is 4.48 Å². The lowest BCUT2D eigenvalue weighted by Gasteiger charge is -2.30. The van der Waals surface area contributed by atoms with Gasteiger partial charge in [0.05, 0.1) is 15.9 Å². The minimum absolute atomic E-state index is 0.313. The number of para-hydroxylation sites is 2. The maximum atomic E-state index is 12.2. The van der Waals surface area contributed by atoms with Crippen molar-refractivity contribution >= 4 is 51.1 Å². The monoisotopic (exact) mass is 348 g/mol. The van der Waals surface area contributed by atoms with Crippen LogP contribution in [-0.4, -0.2) is 10.4 Å². The SMILES string of the molecule is O=C1C(Br)=Cc2ccccc2N(c2ccccc2)N1Cl. The van der Waals surface area contributed by atoms with Gasteiger partial charge in [0.25, 0.3) is 5.91 Å². The van der Waals surface area contributed by atoms with E-state index in [0.717, 1.165) is 21.5 Å². The third-order valence-corrected chi connectivity index (χ3v) is 3.87. The number of rotatable bonds is 1. The summed E-state index contributed by atoms with van der Waals surface area (Å²) in [4.78, 5) is 12.2. The highest BCUT2D eigenvalue weighted by Gasteiger charge is 2.28. The molecule has 20 heavy (non-hydrogen) atoms. The lowest BCUT2D eigenvalue weighted by Crippen LogP contribution is -2.36. The number of amides is 1. The van der Waals surface area contributed by atoms with Gasteiger partial charge in [-0.25, -0.2) is 5.01 Å². The maximum absolute atomic E-state index is 12.2. The van der Waals surface area contributed by atoms with Crippen LogP contribution in [0, 0.1) is 0 Å². The Morgan fingerprint density at radius 1 is 0.950 bits per heavy atom. The van der Waals surface area contributed by atoms with Crippen LogP contribution in [0.2, 0.25) is 0 Å². The van der Waals surface area contributed by atoms with Crippen LogP contribution >= 0.6 is 27.7 Å². The van der Waals surface area contributed by atoms with Gasteiger partial charge in [-0.1, -0.05) is 36.4 Å². The molecule has 0 bridgehead atoms. The summed E-state index contributed by atoms with van der Waals surface area (Å²) in [6.07, 6.45) is 1.77. The topological polar surface area (TPSA) is 23.6 Å². The molecule has 0 saturated heterocycles. The number of hydrogen-bond acceptors (Lipinski definition) is 2. The fraction of sp³-hybridized carbons (Fsp3) is 0. The summed E-state index contributed by atoms with van der Waals surface area (Å²) in [5.41, 5.74) is 2.58. The van der Waals surface area contributed by atoms with Crippen molar-refractivity contribution in [1.82, 2.24) is 4.53 Å². The molecule has 0 saturated carbocycles. The Labute approximate surface area is 130 Å². The van der Waals surface area contributed by atoms with Gasteiger partial charge in [-0.15, -0.1) is 4.53 Å². The predicted molar refractivity (Wildman–Crippen MR) is 84.6 cm³/mol. The molecule has 0 radical (unpaired) electrons. The molecule has 100 valence electrons. The highest BCUT2D eigenvalue weighted by atomic mass is 79.9. The summed E-state index contributed by atoms with van der Waals surface area (Å²) >= 11 is 9.51. The van der Waals surface area contributed by atoms with Crippen LogP contribution in [0.4, 0.5) is 11.4 Å². The summed E-state index contributed by atoms with van der Waals surface area (Å²) in [5, 5.41) is 1.68. The molecule has 1 heterocycles. The molecular formula is C15H10BrClN2O. The molecular weight excluding hydrogens is 340 g/mol. The van der Waals surface area contributed by atoms with Gasteiger partial charge >= 0.3 is 0 Å². The summed E-state index contributed by atoms with van der Waals surface area (Å²) in [7, 11) is 0. The molecule has 0 spiro atoms. The van der Waals surface area contributed by atoms with Crippen molar-refractivity contribution in [2.45, 2.75) is 0 Å². The van der Waals surface area contributed by atoms with E-state index >= 15 is 0 Å².